The zero-order chi connectivity index (χ0) is 7.33. The fourth-order valence-corrected chi connectivity index (χ4v) is 1.11. The van der Waals surface area contributed by atoms with Crippen molar-refractivity contribution >= 4 is 22.7 Å². The van der Waals surface area contributed by atoms with Crippen LogP contribution in [0.1, 0.15) is 6.42 Å². The molecule has 0 unspecified atom stereocenters. The molecule has 0 atom stereocenters. The van der Waals surface area contributed by atoms with Gasteiger partial charge >= 0.3 is 0 Å². The Bertz CT molecular complexity index is 152. The first-order valence-corrected chi connectivity index (χ1v) is 4.31. The molecule has 3 nitrogen and oxygen atoms in total. The van der Waals surface area contributed by atoms with Crippen LogP contribution in [-0.2, 0) is 10.1 Å². The van der Waals surface area contributed by atoms with Gasteiger partial charge in [0.25, 0.3) is 10.1 Å². The molecule has 0 heterocycles. The molecule has 1 N–H and O–H groups in total. The van der Waals surface area contributed by atoms with Gasteiger partial charge in [0.05, 0.1) is 5.75 Å². The van der Waals surface area contributed by atoms with Crippen LogP contribution in [0.5, 0.6) is 0 Å². The summed E-state index contributed by atoms with van der Waals surface area (Å²) in [4.78, 5) is 0. The first-order valence-electron chi connectivity index (χ1n) is 2.51. The van der Waals surface area contributed by atoms with E-state index in [0.29, 0.717) is 12.2 Å². The summed E-state index contributed by atoms with van der Waals surface area (Å²) in [6.45, 7) is 0. The van der Waals surface area contributed by atoms with Crippen LogP contribution >= 0.6 is 12.6 Å². The van der Waals surface area contributed by atoms with Gasteiger partial charge in [0.1, 0.15) is 0 Å². The van der Waals surface area contributed by atoms with Crippen LogP contribution in [0, 0.1) is 0 Å². The molecule has 0 aromatic heterocycles. The largest absolute Gasteiger partial charge is 0.286 e. The van der Waals surface area contributed by atoms with Gasteiger partial charge in [-0.1, -0.05) is 0 Å². The monoisotopic (exact) mass is 157 g/mol. The molecule has 0 aliphatic heterocycles. The summed E-state index contributed by atoms with van der Waals surface area (Å²) in [5.41, 5.74) is 0. The number of rotatable bonds is 4. The maximum atomic E-state index is 10.3. The molecule has 0 radical (unpaired) electrons. The van der Waals surface area contributed by atoms with E-state index in [1.54, 1.807) is 0 Å². The van der Waals surface area contributed by atoms with E-state index in [1.807, 2.05) is 0 Å². The van der Waals surface area contributed by atoms with E-state index in [-0.39, 0.29) is 5.75 Å². The fourth-order valence-electron chi connectivity index (χ4n) is 0.241. The van der Waals surface area contributed by atoms with Crippen LogP contribution in [0.25, 0.3) is 1.43 Å². The highest BCUT2D eigenvalue weighted by Gasteiger charge is 2.00. The second kappa shape index (κ2) is 3.32. The molecule has 0 saturated carbocycles. The number of hydrogen-bond acceptors (Lipinski definition) is 4. The Balaban J connectivity index is 3.61. The fraction of sp³-hybridized carbons (Fsp3) is 1.00. The van der Waals surface area contributed by atoms with Crippen LogP contribution in [0.4, 0.5) is 0 Å². The second-order valence-electron chi connectivity index (χ2n) is 1.34. The molecule has 0 rings (SSSR count). The summed E-state index contributed by atoms with van der Waals surface area (Å²) in [6.07, 6.45) is 0.421. The maximum Gasteiger partial charge on any atom is 0.264 e. The van der Waals surface area contributed by atoms with Gasteiger partial charge in [-0.3, -0.25) is 4.56 Å². The minimum Gasteiger partial charge on any atom is -0.286 e. The summed E-state index contributed by atoms with van der Waals surface area (Å²) in [5, 5.41) is 0. The highest BCUT2D eigenvalue weighted by Crippen LogP contribution is 1.88. The van der Waals surface area contributed by atoms with Crippen LogP contribution in [-0.4, -0.2) is 24.5 Å². The number of hydrogen-bond donors (Lipinski definition) is 2. The van der Waals surface area contributed by atoms with Crippen molar-refractivity contribution in [3.05, 3.63) is 0 Å². The molecule has 50 valence electrons. The van der Waals surface area contributed by atoms with Crippen molar-refractivity contribution in [2.45, 2.75) is 6.42 Å². The molecule has 8 heavy (non-hydrogen) atoms. The smallest absolute Gasteiger partial charge is 0.264 e. The van der Waals surface area contributed by atoms with E-state index >= 15 is 0 Å². The Morgan fingerprint density at radius 2 is 2.38 bits per heavy atom. The third-order valence-corrected chi connectivity index (χ3v) is 1.66. The molecule has 0 fully saturated rings. The molecular weight excluding hydrogens is 148 g/mol. The second-order valence-corrected chi connectivity index (χ2v) is 3.31. The van der Waals surface area contributed by atoms with Crippen molar-refractivity contribution in [1.82, 2.24) is 0 Å². The van der Waals surface area contributed by atoms with E-state index in [0.717, 1.165) is 0 Å². The predicted octanol–water partition coefficient (Wildman–Crippen LogP) is 0.194. The van der Waals surface area contributed by atoms with Crippen molar-refractivity contribution in [3.8, 4) is 0 Å². The minimum atomic E-state index is -3.56. The lowest BCUT2D eigenvalue weighted by Crippen LogP contribution is -2.03. The van der Waals surface area contributed by atoms with E-state index < -0.39 is 10.1 Å². The van der Waals surface area contributed by atoms with Gasteiger partial charge in [-0.2, -0.15) is 21.0 Å². The van der Waals surface area contributed by atoms with Gasteiger partial charge in [0.15, 0.2) is 0 Å². The predicted molar refractivity (Wildman–Crippen MR) is 34.9 cm³/mol. The van der Waals surface area contributed by atoms with Gasteiger partial charge in [-0.15, -0.1) is 0 Å². The van der Waals surface area contributed by atoms with Crippen molar-refractivity contribution in [3.63, 3.8) is 0 Å². The van der Waals surface area contributed by atoms with E-state index in [2.05, 4.69) is 17.2 Å². The standard InChI is InChI=1S/C3H8O3S2/c4-8(5,6)3-1-2-7/h7H,1-3H2,(H,4,5,6)/i/hD. The van der Waals surface area contributed by atoms with Gasteiger partial charge in [-0.05, 0) is 12.2 Å². The molecule has 0 bridgehead atoms. The van der Waals surface area contributed by atoms with Crippen LogP contribution < -0.4 is 0 Å². The third-order valence-electron chi connectivity index (χ3n) is 0.552. The van der Waals surface area contributed by atoms with E-state index in [9.17, 15) is 8.42 Å². The van der Waals surface area contributed by atoms with Crippen LogP contribution in [0.15, 0.2) is 0 Å². The molecule has 0 aliphatic carbocycles. The average Bonchev–Trinajstić information content (AvgIpc) is 1.84. The average molecular weight is 157 g/mol. The lowest BCUT2D eigenvalue weighted by molar-refractivity contribution is 0.482. The summed E-state index contributed by atoms with van der Waals surface area (Å²) in [7, 11) is -3.56. The van der Waals surface area contributed by atoms with Crippen molar-refractivity contribution < 1.29 is 13.0 Å². The zero-order valence-electron chi connectivity index (χ0n) is 5.20. The van der Waals surface area contributed by atoms with Crippen LogP contribution in [0.2, 0.25) is 0 Å². The Labute approximate surface area is 55.7 Å². The molecule has 0 amide bonds. The highest BCUT2D eigenvalue weighted by atomic mass is 32.2. The third kappa shape index (κ3) is 6.26. The topological polar surface area (TPSA) is 54.4 Å². The van der Waals surface area contributed by atoms with E-state index in [4.69, 9.17) is 1.43 Å². The lowest BCUT2D eigenvalue weighted by atomic mass is 10.6. The summed E-state index contributed by atoms with van der Waals surface area (Å²) in [5.74, 6) is 0.364. The van der Waals surface area contributed by atoms with Crippen molar-refractivity contribution in [2.75, 3.05) is 11.5 Å². The summed E-state index contributed by atoms with van der Waals surface area (Å²) >= 11 is 3.79. The van der Waals surface area contributed by atoms with Crippen molar-refractivity contribution in [2.24, 2.45) is 0 Å². The summed E-state index contributed by atoms with van der Waals surface area (Å²) < 4.78 is 30.1. The molecule has 0 aliphatic rings. The quantitative estimate of drug-likeness (QED) is 0.452. The zero-order valence-corrected chi connectivity index (χ0v) is 5.91. The Hall–Kier alpha value is 0.260. The Morgan fingerprint density at radius 3 is 2.75 bits per heavy atom. The highest BCUT2D eigenvalue weighted by molar-refractivity contribution is 7.85. The first kappa shape index (κ1) is 6.38. The van der Waals surface area contributed by atoms with Gasteiger partial charge in [-0.25, -0.2) is 0 Å². The molecular formula is C3H8O3S2. The van der Waals surface area contributed by atoms with Gasteiger partial charge < -0.3 is 0 Å². The first-order chi connectivity index (χ1) is 4.12. The van der Waals surface area contributed by atoms with E-state index in [1.165, 1.54) is 0 Å². The molecule has 0 saturated heterocycles. The molecule has 5 heteroatoms. The van der Waals surface area contributed by atoms with Crippen molar-refractivity contribution in [1.29, 1.82) is 1.43 Å². The number of thiol groups is 1. The molecule has 0 aromatic carbocycles. The van der Waals surface area contributed by atoms with Gasteiger partial charge in [0.2, 0.25) is 1.43 Å². The minimum absolute atomic E-state index is 0.125. The Morgan fingerprint density at radius 1 is 1.75 bits per heavy atom. The molecule has 0 spiro atoms. The van der Waals surface area contributed by atoms with Gasteiger partial charge in [0, 0.05) is 0 Å². The summed E-state index contributed by atoms with van der Waals surface area (Å²) in [6, 6.07) is 0. The maximum absolute atomic E-state index is 10.3. The normalized spacial score (nSPS) is 13.4. The Kier molecular flexibility index (Phi) is 2.65. The SMILES string of the molecule is [2H]OS(=O)(=O)CCCS. The van der Waals surface area contributed by atoms with Crippen LogP contribution in [0.3, 0.4) is 0 Å². The molecule has 0 aromatic rings. The lowest BCUT2D eigenvalue weighted by Gasteiger charge is -1.89.